The molecule has 2 aromatic heterocycles. The van der Waals surface area contributed by atoms with E-state index in [1.54, 1.807) is 6.20 Å². The number of ether oxygens (including phenoxy) is 1. The lowest BCUT2D eigenvalue weighted by Gasteiger charge is -2.17. The third kappa shape index (κ3) is 4.19. The predicted molar refractivity (Wildman–Crippen MR) is 102 cm³/mol. The Balaban J connectivity index is 1.48. The Morgan fingerprint density at radius 3 is 2.93 bits per heavy atom. The van der Waals surface area contributed by atoms with Gasteiger partial charge in [0.25, 0.3) is 0 Å². The minimum Gasteiger partial charge on any atom is -0.750 e. The van der Waals surface area contributed by atoms with Gasteiger partial charge in [-0.05, 0) is 30.5 Å². The molecule has 27 heavy (non-hydrogen) atoms. The number of nitrogens with one attached hydrogen (secondary N) is 1. The topological polar surface area (TPSA) is 88.4 Å². The Morgan fingerprint density at radius 1 is 1.26 bits per heavy atom. The molecule has 1 N–H and O–H groups in total. The smallest absolute Gasteiger partial charge is 0.135 e. The summed E-state index contributed by atoms with van der Waals surface area (Å²) in [6.45, 7) is 0.751. The zero-order valence-corrected chi connectivity index (χ0v) is 15.4. The van der Waals surface area contributed by atoms with Crippen molar-refractivity contribution in [3.8, 4) is 0 Å². The highest BCUT2D eigenvalue weighted by Gasteiger charge is 2.27. The van der Waals surface area contributed by atoms with Crippen molar-refractivity contribution < 1.29 is 17.7 Å². The molecule has 0 bridgehead atoms. The summed E-state index contributed by atoms with van der Waals surface area (Å²) in [6, 6.07) is 14.2. The van der Waals surface area contributed by atoms with E-state index < -0.39 is 11.4 Å². The first-order valence-corrected chi connectivity index (χ1v) is 9.82. The number of anilines is 1. The average molecular weight is 386 g/mol. The Labute approximate surface area is 159 Å². The van der Waals surface area contributed by atoms with E-state index in [0.29, 0.717) is 6.54 Å². The van der Waals surface area contributed by atoms with Crippen LogP contribution in [0.4, 0.5) is 5.82 Å². The highest BCUT2D eigenvalue weighted by Crippen LogP contribution is 2.33. The fourth-order valence-corrected chi connectivity index (χ4v) is 3.67. The molecule has 3 atom stereocenters. The van der Waals surface area contributed by atoms with Crippen LogP contribution in [0.2, 0.25) is 0 Å². The second kappa shape index (κ2) is 8.18. The van der Waals surface area contributed by atoms with Gasteiger partial charge in [0.15, 0.2) is 0 Å². The first kappa shape index (κ1) is 18.1. The molecular formula is C19H20N3O4S-. The van der Waals surface area contributed by atoms with E-state index >= 15 is 0 Å². The first-order valence-electron chi connectivity index (χ1n) is 8.82. The van der Waals surface area contributed by atoms with Gasteiger partial charge in [-0.2, -0.15) is 0 Å². The number of aromatic nitrogens is 2. The quantitative estimate of drug-likeness (QED) is 0.628. The molecule has 142 valence electrons. The van der Waals surface area contributed by atoms with Crippen LogP contribution in [0.15, 0.2) is 54.9 Å². The van der Waals surface area contributed by atoms with Gasteiger partial charge in [-0.25, -0.2) is 9.19 Å². The van der Waals surface area contributed by atoms with Gasteiger partial charge in [-0.3, -0.25) is 4.18 Å². The van der Waals surface area contributed by atoms with Gasteiger partial charge in [-0.1, -0.05) is 30.3 Å². The Kier molecular flexibility index (Phi) is 5.49. The van der Waals surface area contributed by atoms with Crippen molar-refractivity contribution >= 4 is 28.1 Å². The third-order valence-corrected chi connectivity index (χ3v) is 5.02. The summed E-state index contributed by atoms with van der Waals surface area (Å²) in [5, 5.41) is 4.42. The number of fused-ring (bicyclic) bond motifs is 1. The van der Waals surface area contributed by atoms with Gasteiger partial charge >= 0.3 is 0 Å². The minimum absolute atomic E-state index is 0.0528. The molecule has 3 aromatic rings. The number of pyridine rings is 1. The van der Waals surface area contributed by atoms with Crippen molar-refractivity contribution in [3.63, 3.8) is 0 Å². The van der Waals surface area contributed by atoms with Crippen molar-refractivity contribution in [1.29, 1.82) is 0 Å². The van der Waals surface area contributed by atoms with Crippen LogP contribution in [0.3, 0.4) is 0 Å². The molecule has 0 aliphatic carbocycles. The molecule has 1 fully saturated rings. The van der Waals surface area contributed by atoms with E-state index in [1.807, 2.05) is 36.5 Å². The van der Waals surface area contributed by atoms with Gasteiger partial charge < -0.3 is 19.2 Å². The van der Waals surface area contributed by atoms with Crippen LogP contribution in [0.25, 0.3) is 10.9 Å². The van der Waals surface area contributed by atoms with Gasteiger partial charge in [0.05, 0.1) is 29.6 Å². The van der Waals surface area contributed by atoms with Gasteiger partial charge in [0.2, 0.25) is 0 Å². The maximum absolute atomic E-state index is 10.5. The number of hydrogen-bond donors (Lipinski definition) is 1. The highest BCUT2D eigenvalue weighted by molar-refractivity contribution is 7.74. The fourth-order valence-electron chi connectivity index (χ4n) is 3.41. The summed E-state index contributed by atoms with van der Waals surface area (Å²) in [5.41, 5.74) is 2.22. The van der Waals surface area contributed by atoms with E-state index in [-0.39, 0.29) is 18.9 Å². The molecule has 3 heterocycles. The monoisotopic (exact) mass is 386 g/mol. The average Bonchev–Trinajstić information content (AvgIpc) is 3.32. The lowest BCUT2D eigenvalue weighted by Crippen LogP contribution is -2.17. The van der Waals surface area contributed by atoms with E-state index in [2.05, 4.69) is 31.2 Å². The zero-order chi connectivity index (χ0) is 18.6. The molecule has 1 aromatic carbocycles. The van der Waals surface area contributed by atoms with Crippen molar-refractivity contribution in [2.45, 2.75) is 31.7 Å². The second-order valence-corrected chi connectivity index (χ2v) is 7.08. The predicted octanol–water partition coefficient (Wildman–Crippen LogP) is 3.14. The maximum atomic E-state index is 10.5. The number of nitrogens with zero attached hydrogens (tertiary/aromatic N) is 2. The van der Waals surface area contributed by atoms with Crippen LogP contribution >= 0.6 is 0 Å². The molecular weight excluding hydrogens is 366 g/mol. The Morgan fingerprint density at radius 2 is 2.11 bits per heavy atom. The van der Waals surface area contributed by atoms with Gasteiger partial charge in [-0.15, -0.1) is 0 Å². The van der Waals surface area contributed by atoms with E-state index in [9.17, 15) is 8.76 Å². The summed E-state index contributed by atoms with van der Waals surface area (Å²) in [5.74, 6) is 0.828. The van der Waals surface area contributed by atoms with Gasteiger partial charge in [0.1, 0.15) is 12.0 Å². The van der Waals surface area contributed by atoms with Crippen LogP contribution in [0, 0.1) is 0 Å². The van der Waals surface area contributed by atoms with E-state index in [4.69, 9.17) is 4.74 Å². The number of rotatable bonds is 7. The molecule has 0 spiro atoms. The Bertz CT molecular complexity index is 931. The molecule has 0 amide bonds. The number of benzene rings is 1. The first-order chi connectivity index (χ1) is 13.2. The van der Waals surface area contributed by atoms with Crippen LogP contribution in [0.5, 0.6) is 0 Å². The molecule has 4 rings (SSSR count). The van der Waals surface area contributed by atoms with Crippen molar-refractivity contribution in [1.82, 2.24) is 9.55 Å². The fraction of sp³-hybridized carbons (Fsp3) is 0.316. The summed E-state index contributed by atoms with van der Waals surface area (Å²) < 4.78 is 33.8. The lowest BCUT2D eigenvalue weighted by atomic mass is 10.2. The SMILES string of the molecule is O=S([O-])OCC1CCC(n2ccc3c(NCc4ccccc4)nccc32)O1. The molecule has 3 unspecified atom stereocenters. The molecule has 1 aliphatic heterocycles. The maximum Gasteiger partial charge on any atom is 0.135 e. The summed E-state index contributed by atoms with van der Waals surface area (Å²) in [4.78, 5) is 4.47. The summed E-state index contributed by atoms with van der Waals surface area (Å²) >= 11 is -2.51. The van der Waals surface area contributed by atoms with E-state index in [0.717, 1.165) is 29.6 Å². The molecule has 8 heteroatoms. The molecule has 0 radical (unpaired) electrons. The van der Waals surface area contributed by atoms with Crippen LogP contribution < -0.4 is 5.32 Å². The molecule has 0 saturated carbocycles. The van der Waals surface area contributed by atoms with Crippen molar-refractivity contribution in [2.75, 3.05) is 11.9 Å². The summed E-state index contributed by atoms with van der Waals surface area (Å²) in [7, 11) is 0. The lowest BCUT2D eigenvalue weighted by molar-refractivity contribution is -0.0147. The van der Waals surface area contributed by atoms with Crippen LogP contribution in [-0.4, -0.2) is 31.0 Å². The zero-order valence-electron chi connectivity index (χ0n) is 14.6. The van der Waals surface area contributed by atoms with Crippen LogP contribution in [-0.2, 0) is 26.8 Å². The van der Waals surface area contributed by atoms with Gasteiger partial charge in [0, 0.05) is 24.3 Å². The largest absolute Gasteiger partial charge is 0.750 e. The van der Waals surface area contributed by atoms with Crippen molar-refractivity contribution in [2.24, 2.45) is 0 Å². The summed E-state index contributed by atoms with van der Waals surface area (Å²) in [6.07, 6.45) is 4.97. The van der Waals surface area contributed by atoms with Crippen molar-refractivity contribution in [3.05, 3.63) is 60.4 Å². The Hall–Kier alpha value is -2.26. The second-order valence-electron chi connectivity index (χ2n) is 6.43. The van der Waals surface area contributed by atoms with E-state index in [1.165, 1.54) is 5.56 Å². The minimum atomic E-state index is -2.51. The van der Waals surface area contributed by atoms with Crippen LogP contribution in [0.1, 0.15) is 24.6 Å². The standard InChI is InChI=1S/C19H21N3O4S/c23-27(24)25-13-15-6-7-18(26-15)22-11-9-16-17(22)8-10-20-19(16)21-12-14-4-2-1-3-5-14/h1-5,8-11,15,18H,6-7,12-13H2,(H,20,21)(H,23,24)/p-1. The third-order valence-electron chi connectivity index (χ3n) is 4.70. The molecule has 1 aliphatic rings. The normalized spacial score (nSPS) is 20.8. The highest BCUT2D eigenvalue weighted by atomic mass is 32.2. The number of hydrogen-bond acceptors (Lipinski definition) is 6. The molecule has 1 saturated heterocycles. The molecule has 7 nitrogen and oxygen atoms in total.